The third-order valence-corrected chi connectivity index (χ3v) is 9.63. The minimum Gasteiger partial charge on any atom is -0.495 e. The van der Waals surface area contributed by atoms with Crippen LogP contribution >= 0.6 is 0 Å². The van der Waals surface area contributed by atoms with Crippen molar-refractivity contribution in [2.75, 3.05) is 55.0 Å². The van der Waals surface area contributed by atoms with E-state index in [1.165, 1.54) is 16.4 Å². The van der Waals surface area contributed by atoms with Gasteiger partial charge in [0.25, 0.3) is 0 Å². The van der Waals surface area contributed by atoms with E-state index < -0.39 is 15.9 Å². The van der Waals surface area contributed by atoms with Gasteiger partial charge in [-0.25, -0.2) is 8.42 Å². The van der Waals surface area contributed by atoms with Gasteiger partial charge in [0.1, 0.15) is 5.75 Å². The van der Waals surface area contributed by atoms with Gasteiger partial charge in [-0.2, -0.15) is 4.31 Å². The molecule has 210 valence electrons. The molecule has 1 atom stereocenters. The number of rotatable bonds is 7. The number of methoxy groups -OCH3 is 1. The Morgan fingerprint density at radius 3 is 2.30 bits per heavy atom. The summed E-state index contributed by atoms with van der Waals surface area (Å²) in [5.41, 5.74) is 4.46. The minimum atomic E-state index is -3.68. The molecule has 0 radical (unpaired) electrons. The van der Waals surface area contributed by atoms with Crippen LogP contribution in [0.3, 0.4) is 0 Å². The average Bonchev–Trinajstić information content (AvgIpc) is 3.36. The van der Waals surface area contributed by atoms with E-state index in [0.717, 1.165) is 28.3 Å². The smallest absolute Gasteiger partial charge is 0.243 e. The third-order valence-electron chi connectivity index (χ3n) is 7.72. The number of carbonyl (C=O) groups is 2. The van der Waals surface area contributed by atoms with E-state index in [-0.39, 0.29) is 23.1 Å². The van der Waals surface area contributed by atoms with Crippen LogP contribution < -0.4 is 19.9 Å². The minimum absolute atomic E-state index is 0.0874. The van der Waals surface area contributed by atoms with E-state index in [0.29, 0.717) is 38.4 Å². The van der Waals surface area contributed by atoms with Crippen LogP contribution in [0.4, 0.5) is 17.1 Å². The Labute approximate surface area is 235 Å². The van der Waals surface area contributed by atoms with Crippen molar-refractivity contribution in [1.82, 2.24) is 4.31 Å². The number of nitrogens with one attached hydrogen (secondary N) is 1. The van der Waals surface area contributed by atoms with Crippen molar-refractivity contribution in [2.24, 2.45) is 5.92 Å². The lowest BCUT2D eigenvalue weighted by molar-refractivity contribution is -0.122. The molecule has 0 aliphatic carbocycles. The van der Waals surface area contributed by atoms with Gasteiger partial charge in [-0.3, -0.25) is 9.59 Å². The topological polar surface area (TPSA) is 99.3 Å². The summed E-state index contributed by atoms with van der Waals surface area (Å²) in [7, 11) is -2.06. The van der Waals surface area contributed by atoms with E-state index in [1.54, 1.807) is 24.1 Å². The van der Waals surface area contributed by atoms with Gasteiger partial charge in [-0.1, -0.05) is 18.2 Å². The van der Waals surface area contributed by atoms with E-state index >= 15 is 0 Å². The molecule has 5 rings (SSSR count). The molecule has 3 aromatic rings. The highest BCUT2D eigenvalue weighted by Gasteiger charge is 2.35. The highest BCUT2D eigenvalue weighted by molar-refractivity contribution is 7.89. The molecule has 2 amide bonds. The Hall–Kier alpha value is -3.89. The van der Waals surface area contributed by atoms with Crippen LogP contribution in [0.25, 0.3) is 0 Å². The van der Waals surface area contributed by atoms with Gasteiger partial charge in [-0.05, 0) is 73.5 Å². The van der Waals surface area contributed by atoms with E-state index in [9.17, 15) is 18.0 Å². The molecule has 40 heavy (non-hydrogen) atoms. The van der Waals surface area contributed by atoms with Crippen molar-refractivity contribution in [3.8, 4) is 5.75 Å². The molecule has 2 aliphatic rings. The molecule has 10 heteroatoms. The van der Waals surface area contributed by atoms with E-state index in [4.69, 9.17) is 4.74 Å². The van der Waals surface area contributed by atoms with Gasteiger partial charge in [0, 0.05) is 50.5 Å². The van der Waals surface area contributed by atoms with Crippen LogP contribution in [0.1, 0.15) is 17.5 Å². The quantitative estimate of drug-likeness (QED) is 0.470. The Balaban J connectivity index is 1.19. The summed E-state index contributed by atoms with van der Waals surface area (Å²) in [6.07, 6.45) is 0.131. The number of nitrogens with zero attached hydrogens (tertiary/aromatic N) is 3. The first kappa shape index (κ1) is 27.7. The standard InChI is InChI=1S/C30H34N4O5S/c1-21-8-11-25(18-22(21)2)34-20-23(19-29(34)35)30(36)31-24-9-12-26(13-10-24)40(37,38)33-16-14-32(15-17-33)27-6-4-5-7-28(27)39-3/h4-13,18,23H,14-17,19-20H2,1-3H3,(H,31,36). The average molecular weight is 563 g/mol. The summed E-state index contributed by atoms with van der Waals surface area (Å²) < 4.78 is 33.5. The zero-order valence-electron chi connectivity index (χ0n) is 23.0. The summed E-state index contributed by atoms with van der Waals surface area (Å²) in [4.78, 5) is 29.5. The summed E-state index contributed by atoms with van der Waals surface area (Å²) in [5.74, 6) is -0.0770. The first-order valence-corrected chi connectivity index (χ1v) is 14.8. The maximum Gasteiger partial charge on any atom is 0.243 e. The molecule has 1 N–H and O–H groups in total. The van der Waals surface area contributed by atoms with Crippen molar-refractivity contribution in [3.05, 3.63) is 77.9 Å². The molecule has 1 unspecified atom stereocenters. The number of carbonyl (C=O) groups excluding carboxylic acids is 2. The largest absolute Gasteiger partial charge is 0.495 e. The molecule has 2 saturated heterocycles. The van der Waals surface area contributed by atoms with Gasteiger partial charge < -0.3 is 19.9 Å². The molecular weight excluding hydrogens is 528 g/mol. The monoisotopic (exact) mass is 562 g/mol. The number of benzene rings is 3. The molecule has 9 nitrogen and oxygen atoms in total. The van der Waals surface area contributed by atoms with Crippen molar-refractivity contribution >= 4 is 38.9 Å². The predicted octanol–water partition coefficient (Wildman–Crippen LogP) is 3.81. The number of para-hydroxylation sites is 2. The second-order valence-corrected chi connectivity index (χ2v) is 12.2. The number of anilines is 3. The molecule has 0 bridgehead atoms. The summed E-state index contributed by atoms with van der Waals surface area (Å²) in [5, 5.41) is 2.85. The number of hydrogen-bond acceptors (Lipinski definition) is 6. The van der Waals surface area contributed by atoms with Crippen molar-refractivity contribution in [3.63, 3.8) is 0 Å². The lowest BCUT2D eigenvalue weighted by Crippen LogP contribution is -2.48. The zero-order chi connectivity index (χ0) is 28.4. The maximum absolute atomic E-state index is 13.3. The van der Waals surface area contributed by atoms with Crippen molar-refractivity contribution < 1.29 is 22.7 Å². The summed E-state index contributed by atoms with van der Waals surface area (Å²) in [6, 6.07) is 19.8. The van der Waals surface area contributed by atoms with Crippen LogP contribution in [0.15, 0.2) is 71.6 Å². The van der Waals surface area contributed by atoms with Crippen LogP contribution in [0.5, 0.6) is 5.75 Å². The Bertz CT molecular complexity index is 1520. The van der Waals surface area contributed by atoms with E-state index in [2.05, 4.69) is 10.2 Å². The lowest BCUT2D eigenvalue weighted by atomic mass is 10.1. The number of ether oxygens (including phenoxy) is 1. The number of amides is 2. The number of piperazine rings is 1. The zero-order valence-corrected chi connectivity index (χ0v) is 23.8. The Morgan fingerprint density at radius 2 is 1.62 bits per heavy atom. The molecule has 2 fully saturated rings. The second-order valence-electron chi connectivity index (χ2n) is 10.3. The molecule has 0 aromatic heterocycles. The maximum atomic E-state index is 13.3. The number of hydrogen-bond donors (Lipinski definition) is 1. The van der Waals surface area contributed by atoms with Crippen LogP contribution in [0.2, 0.25) is 0 Å². The van der Waals surface area contributed by atoms with Crippen molar-refractivity contribution in [1.29, 1.82) is 0 Å². The first-order valence-electron chi connectivity index (χ1n) is 13.3. The SMILES string of the molecule is COc1ccccc1N1CCN(S(=O)(=O)c2ccc(NC(=O)C3CC(=O)N(c4ccc(C)c(C)c4)C3)cc2)CC1. The third kappa shape index (κ3) is 5.55. The second kappa shape index (κ2) is 11.3. The van der Waals surface area contributed by atoms with Gasteiger partial charge in [0.15, 0.2) is 0 Å². The summed E-state index contributed by atoms with van der Waals surface area (Å²) >= 11 is 0. The summed E-state index contributed by atoms with van der Waals surface area (Å²) in [6.45, 7) is 6.12. The van der Waals surface area contributed by atoms with Crippen LogP contribution in [-0.2, 0) is 19.6 Å². The molecule has 2 aliphatic heterocycles. The van der Waals surface area contributed by atoms with E-state index in [1.807, 2.05) is 56.3 Å². The van der Waals surface area contributed by atoms with Crippen LogP contribution in [-0.4, -0.2) is 64.4 Å². The van der Waals surface area contributed by atoms with Gasteiger partial charge in [-0.15, -0.1) is 0 Å². The molecular formula is C30H34N4O5S. The van der Waals surface area contributed by atoms with Crippen molar-refractivity contribution in [2.45, 2.75) is 25.2 Å². The highest BCUT2D eigenvalue weighted by Crippen LogP contribution is 2.30. The lowest BCUT2D eigenvalue weighted by Gasteiger charge is -2.35. The number of aryl methyl sites for hydroxylation is 2. The Morgan fingerprint density at radius 1 is 0.925 bits per heavy atom. The number of sulfonamides is 1. The normalized spacial score (nSPS) is 18.2. The fourth-order valence-corrected chi connectivity index (χ4v) is 6.61. The predicted molar refractivity (Wildman–Crippen MR) is 155 cm³/mol. The fourth-order valence-electron chi connectivity index (χ4n) is 5.19. The fraction of sp³-hybridized carbons (Fsp3) is 0.333. The van der Waals surface area contributed by atoms with Gasteiger partial charge >= 0.3 is 0 Å². The highest BCUT2D eigenvalue weighted by atomic mass is 32.2. The van der Waals surface area contributed by atoms with Gasteiger partial charge in [0.2, 0.25) is 21.8 Å². The first-order chi connectivity index (χ1) is 19.2. The molecule has 0 spiro atoms. The molecule has 2 heterocycles. The Kier molecular flexibility index (Phi) is 7.82. The van der Waals surface area contributed by atoms with Crippen LogP contribution in [0, 0.1) is 19.8 Å². The molecule has 3 aromatic carbocycles. The van der Waals surface area contributed by atoms with Gasteiger partial charge in [0.05, 0.1) is 23.6 Å². The molecule has 0 saturated carbocycles.